The van der Waals surface area contributed by atoms with Crippen LogP contribution in [0.1, 0.15) is 18.0 Å². The van der Waals surface area contributed by atoms with Gasteiger partial charge in [0.1, 0.15) is 0 Å². The van der Waals surface area contributed by atoms with Crippen molar-refractivity contribution >= 4 is 29.2 Å². The third-order valence-electron chi connectivity index (χ3n) is 3.76. The number of aromatic nitrogens is 3. The van der Waals surface area contributed by atoms with Crippen molar-refractivity contribution in [1.82, 2.24) is 20.1 Å². The second-order valence-electron chi connectivity index (χ2n) is 5.69. The van der Waals surface area contributed by atoms with Crippen molar-refractivity contribution in [2.75, 3.05) is 5.32 Å². The number of pyridine rings is 1. The maximum atomic E-state index is 12.4. The Hall–Kier alpha value is -3.39. The van der Waals surface area contributed by atoms with Crippen LogP contribution >= 0.6 is 11.6 Å². The molecule has 138 valence electrons. The molecule has 3 rings (SSSR count). The molecule has 0 spiro atoms. The summed E-state index contributed by atoms with van der Waals surface area (Å²) in [6.45, 7) is 0. The summed E-state index contributed by atoms with van der Waals surface area (Å²) in [5, 5.41) is 9.82. The normalized spacial score (nSPS) is 11.6. The quantitative estimate of drug-likeness (QED) is 0.605. The van der Waals surface area contributed by atoms with Gasteiger partial charge < -0.3 is 16.4 Å². The lowest BCUT2D eigenvalue weighted by molar-refractivity contribution is -0.116. The number of anilines is 1. The summed E-state index contributed by atoms with van der Waals surface area (Å²) < 4.78 is 1.61. The first kappa shape index (κ1) is 18.4. The molecule has 2 heterocycles. The van der Waals surface area contributed by atoms with Gasteiger partial charge in [0.05, 0.1) is 24.3 Å². The smallest absolute Gasteiger partial charge is 0.312 e. The van der Waals surface area contributed by atoms with Crippen LogP contribution < -0.4 is 16.4 Å². The van der Waals surface area contributed by atoms with Gasteiger partial charge in [0.25, 0.3) is 0 Å². The molecule has 9 heteroatoms. The van der Waals surface area contributed by atoms with Gasteiger partial charge >= 0.3 is 6.03 Å². The Kier molecular flexibility index (Phi) is 5.68. The van der Waals surface area contributed by atoms with Crippen LogP contribution in [0.4, 0.5) is 10.5 Å². The molecule has 0 saturated heterocycles. The summed E-state index contributed by atoms with van der Waals surface area (Å²) in [5.41, 5.74) is 6.36. The van der Waals surface area contributed by atoms with Crippen LogP contribution in [0.2, 0.25) is 5.02 Å². The van der Waals surface area contributed by atoms with Gasteiger partial charge in [0, 0.05) is 17.4 Å². The molecule has 4 N–H and O–H groups in total. The van der Waals surface area contributed by atoms with Crippen molar-refractivity contribution < 1.29 is 9.59 Å². The predicted molar refractivity (Wildman–Crippen MR) is 102 cm³/mol. The number of halogens is 1. The van der Waals surface area contributed by atoms with Gasteiger partial charge in [-0.3, -0.25) is 4.79 Å². The molecular weight excluding hydrogens is 368 g/mol. The number of benzene rings is 1. The first-order valence-electron chi connectivity index (χ1n) is 8.09. The van der Waals surface area contributed by atoms with Crippen LogP contribution in [0.15, 0.2) is 61.1 Å². The lowest BCUT2D eigenvalue weighted by atomic mass is 10.0. The number of hydrogen-bond donors (Lipinski definition) is 3. The maximum Gasteiger partial charge on any atom is 0.312 e. The Bertz CT molecular complexity index is 927. The highest BCUT2D eigenvalue weighted by Crippen LogP contribution is 2.25. The lowest BCUT2D eigenvalue weighted by Crippen LogP contribution is -2.35. The second kappa shape index (κ2) is 8.33. The molecule has 27 heavy (non-hydrogen) atoms. The van der Waals surface area contributed by atoms with Gasteiger partial charge in [0.15, 0.2) is 5.82 Å². The van der Waals surface area contributed by atoms with E-state index in [0.29, 0.717) is 22.1 Å². The fourth-order valence-electron chi connectivity index (χ4n) is 2.57. The van der Waals surface area contributed by atoms with Crippen molar-refractivity contribution in [2.24, 2.45) is 5.73 Å². The average Bonchev–Trinajstić information content (AvgIpc) is 3.16. The fraction of sp³-hybridized carbons (Fsp3) is 0.111. The zero-order chi connectivity index (χ0) is 19.2. The first-order valence-corrected chi connectivity index (χ1v) is 8.47. The lowest BCUT2D eigenvalue weighted by Gasteiger charge is -2.19. The van der Waals surface area contributed by atoms with Gasteiger partial charge in [-0.15, -0.1) is 0 Å². The molecule has 3 aromatic rings. The molecule has 0 bridgehead atoms. The first-order chi connectivity index (χ1) is 13.0. The highest BCUT2D eigenvalue weighted by Gasteiger charge is 2.20. The van der Waals surface area contributed by atoms with Crippen molar-refractivity contribution in [3.05, 3.63) is 71.6 Å². The fourth-order valence-corrected chi connectivity index (χ4v) is 2.83. The molecule has 0 fully saturated rings. The van der Waals surface area contributed by atoms with Crippen molar-refractivity contribution in [1.29, 1.82) is 0 Å². The number of amides is 3. The standard InChI is InChI=1S/C18H17ClN6O2/c19-14-5-2-1-4-13(14)15(24-18(20)27)10-17(26)23-12-6-7-16(21-11-12)25-9-3-8-22-25/h1-9,11,15H,10H2,(H,23,26)(H3,20,24,27)/t15-/m1/s1. The van der Waals surface area contributed by atoms with Gasteiger partial charge in [0.2, 0.25) is 5.91 Å². The summed E-state index contributed by atoms with van der Waals surface area (Å²) in [5.74, 6) is 0.310. The van der Waals surface area contributed by atoms with E-state index in [1.54, 1.807) is 59.5 Å². The Balaban J connectivity index is 1.69. The minimum Gasteiger partial charge on any atom is -0.352 e. The largest absolute Gasteiger partial charge is 0.352 e. The van der Waals surface area contributed by atoms with Crippen LogP contribution in [0.5, 0.6) is 0 Å². The number of urea groups is 1. The van der Waals surface area contributed by atoms with E-state index >= 15 is 0 Å². The van der Waals surface area contributed by atoms with E-state index < -0.39 is 12.1 Å². The van der Waals surface area contributed by atoms with Crippen LogP contribution in [0.3, 0.4) is 0 Å². The van der Waals surface area contributed by atoms with Gasteiger partial charge in [-0.2, -0.15) is 5.10 Å². The zero-order valence-corrected chi connectivity index (χ0v) is 14.9. The van der Waals surface area contributed by atoms with E-state index in [1.807, 2.05) is 0 Å². The molecule has 0 aliphatic rings. The summed E-state index contributed by atoms with van der Waals surface area (Å²) in [7, 11) is 0. The molecule has 1 atom stereocenters. The number of primary amides is 1. The molecule has 0 aliphatic heterocycles. The van der Waals surface area contributed by atoms with Crippen LogP contribution in [0, 0.1) is 0 Å². The number of carbonyl (C=O) groups is 2. The monoisotopic (exact) mass is 384 g/mol. The topological polar surface area (TPSA) is 115 Å². The molecule has 3 amide bonds. The number of nitrogens with two attached hydrogens (primary N) is 1. The Morgan fingerprint density at radius 3 is 2.63 bits per heavy atom. The summed E-state index contributed by atoms with van der Waals surface area (Å²) in [6, 6.07) is 10.8. The average molecular weight is 385 g/mol. The summed E-state index contributed by atoms with van der Waals surface area (Å²) in [4.78, 5) is 28.0. The minimum absolute atomic E-state index is 0.0341. The molecule has 1 aromatic carbocycles. The number of nitrogens with one attached hydrogen (secondary N) is 2. The second-order valence-corrected chi connectivity index (χ2v) is 6.10. The van der Waals surface area contributed by atoms with E-state index in [9.17, 15) is 9.59 Å². The summed E-state index contributed by atoms with van der Waals surface area (Å²) in [6.07, 6.45) is 4.91. The van der Waals surface area contributed by atoms with Crippen molar-refractivity contribution in [3.63, 3.8) is 0 Å². The number of nitrogens with zero attached hydrogens (tertiary/aromatic N) is 3. The van der Waals surface area contributed by atoms with Crippen molar-refractivity contribution in [3.8, 4) is 5.82 Å². The van der Waals surface area contributed by atoms with E-state index in [0.717, 1.165) is 0 Å². The maximum absolute atomic E-state index is 12.4. The molecule has 0 saturated carbocycles. The Morgan fingerprint density at radius 1 is 1.19 bits per heavy atom. The predicted octanol–water partition coefficient (Wildman–Crippen LogP) is 2.66. The van der Waals surface area contributed by atoms with Gasteiger partial charge in [-0.05, 0) is 29.8 Å². The third kappa shape index (κ3) is 4.83. The van der Waals surface area contributed by atoms with E-state index in [1.165, 1.54) is 6.20 Å². The number of rotatable bonds is 6. The highest BCUT2D eigenvalue weighted by molar-refractivity contribution is 6.31. The van der Waals surface area contributed by atoms with Crippen LogP contribution in [-0.2, 0) is 4.79 Å². The molecule has 8 nitrogen and oxygen atoms in total. The molecular formula is C18H17ClN6O2. The van der Waals surface area contributed by atoms with Gasteiger partial charge in [-0.1, -0.05) is 29.8 Å². The number of hydrogen-bond acceptors (Lipinski definition) is 4. The Labute approximate surface area is 160 Å². The van der Waals surface area contributed by atoms with E-state index in [-0.39, 0.29) is 12.3 Å². The molecule has 0 aliphatic carbocycles. The third-order valence-corrected chi connectivity index (χ3v) is 4.10. The molecule has 2 aromatic heterocycles. The SMILES string of the molecule is NC(=O)N[C@H](CC(=O)Nc1ccc(-n2cccn2)nc1)c1ccccc1Cl. The van der Waals surface area contributed by atoms with E-state index in [4.69, 9.17) is 17.3 Å². The molecule has 0 radical (unpaired) electrons. The summed E-state index contributed by atoms with van der Waals surface area (Å²) >= 11 is 6.17. The van der Waals surface area contributed by atoms with Crippen molar-refractivity contribution in [2.45, 2.75) is 12.5 Å². The zero-order valence-electron chi connectivity index (χ0n) is 14.2. The van der Waals surface area contributed by atoms with Crippen LogP contribution in [-0.4, -0.2) is 26.7 Å². The Morgan fingerprint density at radius 2 is 2.00 bits per heavy atom. The number of carbonyl (C=O) groups excluding carboxylic acids is 2. The van der Waals surface area contributed by atoms with Crippen LogP contribution in [0.25, 0.3) is 5.82 Å². The minimum atomic E-state index is -0.738. The van der Waals surface area contributed by atoms with Gasteiger partial charge in [-0.25, -0.2) is 14.5 Å². The molecule has 0 unspecified atom stereocenters. The highest BCUT2D eigenvalue weighted by atomic mass is 35.5. The van der Waals surface area contributed by atoms with E-state index in [2.05, 4.69) is 20.7 Å².